The smallest absolute Gasteiger partial charge is 0.326 e. The largest absolute Gasteiger partial charge is 0.480 e. The number of urea groups is 1. The molecule has 0 saturated carbocycles. The van der Waals surface area contributed by atoms with Crippen LogP contribution in [0.4, 0.5) is 4.79 Å². The van der Waals surface area contributed by atoms with Crippen molar-refractivity contribution in [1.29, 1.82) is 0 Å². The van der Waals surface area contributed by atoms with E-state index in [1.807, 2.05) is 38.3 Å². The number of thiophene rings is 1. The average Bonchev–Trinajstić information content (AvgIpc) is 2.88. The van der Waals surface area contributed by atoms with Gasteiger partial charge in [-0.15, -0.1) is 11.3 Å². The molecule has 0 radical (unpaired) electrons. The highest BCUT2D eigenvalue weighted by atomic mass is 32.1. The lowest BCUT2D eigenvalue weighted by molar-refractivity contribution is -0.139. The van der Waals surface area contributed by atoms with E-state index in [-0.39, 0.29) is 12.0 Å². The number of carbonyl (C=O) groups is 2. The molecule has 112 valence electrons. The first-order chi connectivity index (χ1) is 9.43. The van der Waals surface area contributed by atoms with Gasteiger partial charge >= 0.3 is 12.0 Å². The second-order valence-electron chi connectivity index (χ2n) is 5.11. The summed E-state index contributed by atoms with van der Waals surface area (Å²) < 4.78 is 0. The van der Waals surface area contributed by atoms with E-state index >= 15 is 0 Å². The van der Waals surface area contributed by atoms with Crippen molar-refractivity contribution in [2.45, 2.75) is 45.7 Å². The number of nitrogens with one attached hydrogen (secondary N) is 2. The highest BCUT2D eigenvalue weighted by Gasteiger charge is 2.22. The fraction of sp³-hybridized carbons (Fsp3) is 0.571. The van der Waals surface area contributed by atoms with E-state index in [9.17, 15) is 9.59 Å². The quantitative estimate of drug-likeness (QED) is 0.724. The molecule has 0 saturated heterocycles. The minimum atomic E-state index is -1.00. The highest BCUT2D eigenvalue weighted by Crippen LogP contribution is 2.21. The van der Waals surface area contributed by atoms with Crippen molar-refractivity contribution in [3.63, 3.8) is 0 Å². The van der Waals surface area contributed by atoms with Crippen LogP contribution in [-0.2, 0) is 4.79 Å². The first-order valence-electron chi connectivity index (χ1n) is 6.77. The molecule has 0 aliphatic heterocycles. The Kier molecular flexibility index (Phi) is 6.51. The Morgan fingerprint density at radius 2 is 2.05 bits per heavy atom. The predicted molar refractivity (Wildman–Crippen MR) is 79.9 cm³/mol. The molecule has 3 N–H and O–H groups in total. The van der Waals surface area contributed by atoms with E-state index in [0.29, 0.717) is 6.42 Å². The fourth-order valence-corrected chi connectivity index (χ4v) is 2.78. The maximum atomic E-state index is 11.9. The van der Waals surface area contributed by atoms with Gasteiger partial charge in [-0.3, -0.25) is 0 Å². The van der Waals surface area contributed by atoms with Crippen LogP contribution in [0.5, 0.6) is 0 Å². The molecule has 0 spiro atoms. The Balaban J connectivity index is 2.58. The fourth-order valence-electron chi connectivity index (χ4n) is 1.91. The van der Waals surface area contributed by atoms with Crippen molar-refractivity contribution in [2.75, 3.05) is 0 Å². The molecule has 0 aromatic carbocycles. The molecule has 1 aromatic rings. The first-order valence-corrected chi connectivity index (χ1v) is 7.65. The van der Waals surface area contributed by atoms with Crippen LogP contribution >= 0.6 is 11.3 Å². The number of carboxylic acids is 1. The van der Waals surface area contributed by atoms with E-state index < -0.39 is 18.0 Å². The van der Waals surface area contributed by atoms with Gasteiger partial charge in [0, 0.05) is 4.88 Å². The summed E-state index contributed by atoms with van der Waals surface area (Å²) in [6, 6.07) is 2.53. The summed E-state index contributed by atoms with van der Waals surface area (Å²) in [5, 5.41) is 16.4. The van der Waals surface area contributed by atoms with Gasteiger partial charge in [0.05, 0.1) is 6.04 Å². The van der Waals surface area contributed by atoms with Crippen molar-refractivity contribution in [2.24, 2.45) is 5.92 Å². The summed E-state index contributed by atoms with van der Waals surface area (Å²) in [5.74, 6) is -0.798. The molecule has 1 rings (SSSR count). The van der Waals surface area contributed by atoms with Crippen molar-refractivity contribution in [1.82, 2.24) is 10.6 Å². The van der Waals surface area contributed by atoms with Crippen LogP contribution in [0.15, 0.2) is 17.5 Å². The second kappa shape index (κ2) is 7.89. The minimum Gasteiger partial charge on any atom is -0.480 e. The van der Waals surface area contributed by atoms with Gasteiger partial charge < -0.3 is 15.7 Å². The van der Waals surface area contributed by atoms with Gasteiger partial charge in [0.25, 0.3) is 0 Å². The normalized spacial score (nSPS) is 13.8. The number of amides is 2. The molecule has 1 unspecified atom stereocenters. The van der Waals surface area contributed by atoms with Crippen LogP contribution in [0.3, 0.4) is 0 Å². The van der Waals surface area contributed by atoms with E-state index in [4.69, 9.17) is 5.11 Å². The summed E-state index contributed by atoms with van der Waals surface area (Å²) in [7, 11) is 0. The Morgan fingerprint density at radius 1 is 1.35 bits per heavy atom. The van der Waals surface area contributed by atoms with Gasteiger partial charge in [0.2, 0.25) is 0 Å². The third-order valence-corrected chi connectivity index (χ3v) is 3.90. The van der Waals surface area contributed by atoms with Crippen LogP contribution in [0.2, 0.25) is 0 Å². The number of hydrogen-bond acceptors (Lipinski definition) is 3. The van der Waals surface area contributed by atoms with Gasteiger partial charge in [-0.05, 0) is 30.2 Å². The molecule has 1 aromatic heterocycles. The molecule has 2 amide bonds. The highest BCUT2D eigenvalue weighted by molar-refractivity contribution is 7.10. The zero-order valence-corrected chi connectivity index (χ0v) is 12.9. The van der Waals surface area contributed by atoms with E-state index in [1.165, 1.54) is 0 Å². The summed E-state index contributed by atoms with van der Waals surface area (Å²) in [6.07, 6.45) is 1.17. The molecule has 0 aliphatic rings. The lowest BCUT2D eigenvalue weighted by Gasteiger charge is -2.20. The zero-order valence-electron chi connectivity index (χ0n) is 12.1. The molecule has 1 heterocycles. The number of aliphatic carboxylic acids is 1. The number of rotatable bonds is 7. The molecular weight excluding hydrogens is 276 g/mol. The van der Waals surface area contributed by atoms with E-state index in [0.717, 1.165) is 11.3 Å². The summed E-state index contributed by atoms with van der Waals surface area (Å²) in [6.45, 7) is 5.83. The third kappa shape index (κ3) is 5.21. The predicted octanol–water partition coefficient (Wildman–Crippen LogP) is 3.00. The van der Waals surface area contributed by atoms with Crippen molar-refractivity contribution in [3.8, 4) is 0 Å². The second-order valence-corrected chi connectivity index (χ2v) is 6.09. The zero-order chi connectivity index (χ0) is 15.1. The van der Waals surface area contributed by atoms with Crippen LogP contribution < -0.4 is 10.6 Å². The van der Waals surface area contributed by atoms with Gasteiger partial charge in [-0.1, -0.05) is 26.8 Å². The SMILES string of the molecule is CCC(NC(=O)N[C@@H](CC(C)C)C(=O)O)c1cccs1. The minimum absolute atomic E-state index is 0.0801. The molecule has 2 atom stereocenters. The lowest BCUT2D eigenvalue weighted by atomic mass is 10.0. The molecule has 0 aliphatic carbocycles. The Labute approximate surface area is 123 Å². The summed E-state index contributed by atoms with van der Waals surface area (Å²) in [5.41, 5.74) is 0. The first kappa shape index (κ1) is 16.5. The number of carboxylic acid groups (broad SMARTS) is 1. The van der Waals surface area contributed by atoms with E-state index in [1.54, 1.807) is 11.3 Å². The average molecular weight is 298 g/mol. The monoisotopic (exact) mass is 298 g/mol. The van der Waals surface area contributed by atoms with Crippen LogP contribution in [0.25, 0.3) is 0 Å². The van der Waals surface area contributed by atoms with Gasteiger partial charge in [-0.2, -0.15) is 0 Å². The van der Waals surface area contributed by atoms with E-state index in [2.05, 4.69) is 10.6 Å². The van der Waals surface area contributed by atoms with Gasteiger partial charge in [0.15, 0.2) is 0 Å². The lowest BCUT2D eigenvalue weighted by Crippen LogP contribution is -2.47. The molecule has 20 heavy (non-hydrogen) atoms. The van der Waals surface area contributed by atoms with Crippen LogP contribution in [0, 0.1) is 5.92 Å². The topological polar surface area (TPSA) is 78.4 Å². The standard InChI is InChI=1S/C14H22N2O3S/c1-4-10(12-6-5-7-20-12)15-14(19)16-11(13(17)18)8-9(2)3/h5-7,9-11H,4,8H2,1-3H3,(H,17,18)(H2,15,16,19)/t10?,11-/m0/s1. The van der Waals surface area contributed by atoms with Crippen LogP contribution in [0.1, 0.15) is 44.5 Å². The number of carbonyl (C=O) groups excluding carboxylic acids is 1. The Morgan fingerprint density at radius 3 is 2.50 bits per heavy atom. The van der Waals surface area contributed by atoms with Crippen molar-refractivity contribution >= 4 is 23.3 Å². The third-order valence-electron chi connectivity index (χ3n) is 2.91. The maximum absolute atomic E-state index is 11.9. The Hall–Kier alpha value is -1.56. The molecule has 5 nitrogen and oxygen atoms in total. The summed E-state index contributed by atoms with van der Waals surface area (Å²) in [4.78, 5) is 24.1. The van der Waals surface area contributed by atoms with Gasteiger partial charge in [-0.25, -0.2) is 9.59 Å². The molecule has 6 heteroatoms. The van der Waals surface area contributed by atoms with Crippen molar-refractivity contribution < 1.29 is 14.7 Å². The van der Waals surface area contributed by atoms with Crippen molar-refractivity contribution in [3.05, 3.63) is 22.4 Å². The molecule has 0 fully saturated rings. The summed E-state index contributed by atoms with van der Waals surface area (Å²) >= 11 is 1.57. The maximum Gasteiger partial charge on any atom is 0.326 e. The molecule has 0 bridgehead atoms. The van der Waals surface area contributed by atoms with Gasteiger partial charge in [0.1, 0.15) is 6.04 Å². The Bertz CT molecular complexity index is 432. The van der Waals surface area contributed by atoms with Crippen LogP contribution in [-0.4, -0.2) is 23.1 Å². The number of hydrogen-bond donors (Lipinski definition) is 3. The molecular formula is C14H22N2O3S.